The zero-order chi connectivity index (χ0) is 12.2. The number of benzene rings is 1. The third-order valence-electron chi connectivity index (χ3n) is 2.11. The molecule has 6 heteroatoms. The molecule has 0 radical (unpaired) electrons. The molecule has 0 fully saturated rings. The molecule has 0 unspecified atom stereocenters. The molecule has 1 N–H and O–H groups in total. The lowest BCUT2D eigenvalue weighted by Crippen LogP contribution is -2.27. The largest absolute Gasteiger partial charge is 0.215 e. The van der Waals surface area contributed by atoms with Crippen LogP contribution in [0, 0.1) is 0 Å². The monoisotopic (exact) mass is 281 g/mol. The van der Waals surface area contributed by atoms with Crippen molar-refractivity contribution in [3.63, 3.8) is 0 Å². The predicted molar refractivity (Wildman–Crippen MR) is 67.6 cm³/mol. The van der Waals surface area contributed by atoms with Crippen molar-refractivity contribution in [2.45, 2.75) is 13.3 Å². The number of halogens is 2. The van der Waals surface area contributed by atoms with E-state index in [0.717, 1.165) is 5.56 Å². The highest BCUT2D eigenvalue weighted by Gasteiger charge is 2.06. The first kappa shape index (κ1) is 13.8. The fraction of sp³-hybridized carbons (Fsp3) is 0.400. The number of hydrogen-bond acceptors (Lipinski definition) is 2. The van der Waals surface area contributed by atoms with Crippen LogP contribution in [0.25, 0.3) is 0 Å². The van der Waals surface area contributed by atoms with Crippen LogP contribution in [0.3, 0.4) is 0 Å². The number of sulfonamides is 1. The topological polar surface area (TPSA) is 46.2 Å². The lowest BCUT2D eigenvalue weighted by Gasteiger charge is -2.06. The third-order valence-corrected chi connectivity index (χ3v) is 4.10. The predicted octanol–water partition coefficient (Wildman–Crippen LogP) is 2.48. The minimum absolute atomic E-state index is 0.0847. The van der Waals surface area contributed by atoms with Gasteiger partial charge in [0.15, 0.2) is 0 Å². The van der Waals surface area contributed by atoms with Crippen molar-refractivity contribution in [1.29, 1.82) is 0 Å². The first-order chi connectivity index (χ1) is 7.44. The molecule has 0 aliphatic carbocycles. The molecule has 0 amide bonds. The van der Waals surface area contributed by atoms with Crippen LogP contribution in [0.4, 0.5) is 0 Å². The Kier molecular flexibility index (Phi) is 5.05. The Labute approximate surface area is 106 Å². The normalized spacial score (nSPS) is 11.7. The van der Waals surface area contributed by atoms with Crippen molar-refractivity contribution in [3.05, 3.63) is 33.8 Å². The van der Waals surface area contributed by atoms with Crippen LogP contribution in [0.15, 0.2) is 18.2 Å². The molecular weight excluding hydrogens is 269 g/mol. The molecule has 0 aliphatic heterocycles. The Morgan fingerprint density at radius 2 is 2.00 bits per heavy atom. The van der Waals surface area contributed by atoms with Crippen LogP contribution in [-0.4, -0.2) is 20.7 Å². The van der Waals surface area contributed by atoms with Crippen molar-refractivity contribution < 1.29 is 8.42 Å². The Morgan fingerprint density at radius 1 is 1.31 bits per heavy atom. The standard InChI is InChI=1S/C10H13Cl2NO2S/c1-2-16(14,15)13-6-5-8-3-4-9(11)7-10(8)12/h3-4,7,13H,2,5-6H2,1H3. The van der Waals surface area contributed by atoms with Gasteiger partial charge in [-0.3, -0.25) is 0 Å². The second-order valence-corrected chi connectivity index (χ2v) is 6.22. The lowest BCUT2D eigenvalue weighted by molar-refractivity contribution is 0.583. The highest BCUT2D eigenvalue weighted by Crippen LogP contribution is 2.21. The van der Waals surface area contributed by atoms with E-state index in [-0.39, 0.29) is 5.75 Å². The molecule has 0 aliphatic rings. The zero-order valence-corrected chi connectivity index (χ0v) is 11.2. The second kappa shape index (κ2) is 5.87. The Morgan fingerprint density at radius 3 is 2.56 bits per heavy atom. The molecule has 0 bridgehead atoms. The summed E-state index contributed by atoms with van der Waals surface area (Å²) in [5.74, 6) is 0.0847. The molecule has 16 heavy (non-hydrogen) atoms. The molecule has 90 valence electrons. The summed E-state index contributed by atoms with van der Waals surface area (Å²) < 4.78 is 24.8. The van der Waals surface area contributed by atoms with Crippen molar-refractivity contribution >= 4 is 33.2 Å². The first-order valence-electron chi connectivity index (χ1n) is 4.86. The van der Waals surface area contributed by atoms with Gasteiger partial charge in [-0.25, -0.2) is 13.1 Å². The van der Waals surface area contributed by atoms with E-state index in [0.29, 0.717) is 23.0 Å². The van der Waals surface area contributed by atoms with Crippen LogP contribution < -0.4 is 4.72 Å². The van der Waals surface area contributed by atoms with E-state index in [9.17, 15) is 8.42 Å². The molecule has 0 heterocycles. The summed E-state index contributed by atoms with van der Waals surface area (Å²) >= 11 is 11.7. The molecule has 0 aromatic heterocycles. The maximum Gasteiger partial charge on any atom is 0.211 e. The van der Waals surface area contributed by atoms with Crippen LogP contribution in [0.2, 0.25) is 10.0 Å². The highest BCUT2D eigenvalue weighted by atomic mass is 35.5. The molecule has 3 nitrogen and oxygen atoms in total. The summed E-state index contributed by atoms with van der Waals surface area (Å²) in [6, 6.07) is 5.18. The molecule has 0 spiro atoms. The van der Waals surface area contributed by atoms with E-state index >= 15 is 0 Å². The summed E-state index contributed by atoms with van der Waals surface area (Å²) in [6.45, 7) is 1.94. The van der Waals surface area contributed by atoms with Crippen molar-refractivity contribution in [3.8, 4) is 0 Å². The average Bonchev–Trinajstić information content (AvgIpc) is 2.21. The minimum atomic E-state index is -3.13. The number of nitrogens with one attached hydrogen (secondary N) is 1. The fourth-order valence-electron chi connectivity index (χ4n) is 1.17. The summed E-state index contributed by atoms with van der Waals surface area (Å²) in [7, 11) is -3.13. The second-order valence-electron chi connectivity index (χ2n) is 3.28. The molecule has 0 saturated heterocycles. The van der Waals surface area contributed by atoms with Gasteiger partial charge in [-0.05, 0) is 31.0 Å². The Balaban J connectivity index is 2.56. The quantitative estimate of drug-likeness (QED) is 0.901. The van der Waals surface area contributed by atoms with Gasteiger partial charge >= 0.3 is 0 Å². The molecule has 1 rings (SSSR count). The average molecular weight is 282 g/mol. The van der Waals surface area contributed by atoms with Crippen molar-refractivity contribution in [2.24, 2.45) is 0 Å². The van der Waals surface area contributed by atoms with E-state index in [1.807, 2.05) is 0 Å². The Bertz CT molecular complexity index is 460. The maximum absolute atomic E-state index is 11.2. The summed E-state index contributed by atoms with van der Waals surface area (Å²) in [6.07, 6.45) is 0.551. The van der Waals surface area contributed by atoms with E-state index in [2.05, 4.69) is 4.72 Å². The van der Waals surface area contributed by atoms with Crippen LogP contribution in [0.1, 0.15) is 12.5 Å². The van der Waals surface area contributed by atoms with Gasteiger partial charge in [0.25, 0.3) is 0 Å². The number of rotatable bonds is 5. The smallest absolute Gasteiger partial charge is 0.211 e. The van der Waals surface area contributed by atoms with Gasteiger partial charge in [0.1, 0.15) is 0 Å². The van der Waals surface area contributed by atoms with E-state index < -0.39 is 10.0 Å². The van der Waals surface area contributed by atoms with Crippen LogP contribution in [-0.2, 0) is 16.4 Å². The van der Waals surface area contributed by atoms with Gasteiger partial charge in [-0.2, -0.15) is 0 Å². The van der Waals surface area contributed by atoms with Gasteiger partial charge < -0.3 is 0 Å². The van der Waals surface area contributed by atoms with Crippen LogP contribution >= 0.6 is 23.2 Å². The Hall–Kier alpha value is -0.290. The van der Waals surface area contributed by atoms with Crippen molar-refractivity contribution in [2.75, 3.05) is 12.3 Å². The molecule has 0 atom stereocenters. The third kappa shape index (κ3) is 4.29. The van der Waals surface area contributed by atoms with Gasteiger partial charge in [0.05, 0.1) is 5.75 Å². The zero-order valence-electron chi connectivity index (χ0n) is 8.83. The fourth-order valence-corrected chi connectivity index (χ4v) is 2.29. The summed E-state index contributed by atoms with van der Waals surface area (Å²) in [4.78, 5) is 0. The first-order valence-corrected chi connectivity index (χ1v) is 7.26. The van der Waals surface area contributed by atoms with Crippen molar-refractivity contribution in [1.82, 2.24) is 4.72 Å². The molecular formula is C10H13Cl2NO2S. The van der Waals surface area contributed by atoms with Gasteiger partial charge in [0, 0.05) is 16.6 Å². The van der Waals surface area contributed by atoms with Crippen LogP contribution in [0.5, 0.6) is 0 Å². The van der Waals surface area contributed by atoms with Gasteiger partial charge in [-0.15, -0.1) is 0 Å². The molecule has 0 saturated carbocycles. The summed E-state index contributed by atoms with van der Waals surface area (Å²) in [5.41, 5.74) is 0.880. The van der Waals surface area contributed by atoms with E-state index in [4.69, 9.17) is 23.2 Å². The molecule has 1 aromatic rings. The lowest BCUT2D eigenvalue weighted by atomic mass is 10.1. The minimum Gasteiger partial charge on any atom is -0.215 e. The number of hydrogen-bond donors (Lipinski definition) is 1. The molecule has 1 aromatic carbocycles. The summed E-state index contributed by atoms with van der Waals surface area (Å²) in [5, 5.41) is 1.13. The van der Waals surface area contributed by atoms with E-state index in [1.54, 1.807) is 25.1 Å². The van der Waals surface area contributed by atoms with E-state index in [1.165, 1.54) is 0 Å². The maximum atomic E-state index is 11.2. The van der Waals surface area contributed by atoms with Gasteiger partial charge in [-0.1, -0.05) is 29.3 Å². The highest BCUT2D eigenvalue weighted by molar-refractivity contribution is 7.89. The van der Waals surface area contributed by atoms with Gasteiger partial charge in [0.2, 0.25) is 10.0 Å². The SMILES string of the molecule is CCS(=O)(=O)NCCc1ccc(Cl)cc1Cl.